The van der Waals surface area contributed by atoms with Gasteiger partial charge in [0, 0.05) is 51.5 Å². The third-order valence-electron chi connectivity index (χ3n) is 7.41. The third-order valence-corrected chi connectivity index (χ3v) is 9.32. The van der Waals surface area contributed by atoms with Gasteiger partial charge in [0.1, 0.15) is 0 Å². The highest BCUT2D eigenvalue weighted by molar-refractivity contribution is 7.89. The van der Waals surface area contributed by atoms with Crippen LogP contribution in [0, 0.1) is 18.8 Å². The maximum Gasteiger partial charge on any atom is 0.243 e. The minimum atomic E-state index is -3.53. The number of rotatable bonds is 3. The fourth-order valence-electron chi connectivity index (χ4n) is 5.61. The number of sulfonamides is 1. The van der Waals surface area contributed by atoms with Crippen LogP contribution >= 0.6 is 0 Å². The number of carbonyl (C=O) groups is 1. The van der Waals surface area contributed by atoms with Crippen LogP contribution in [0.25, 0.3) is 0 Å². The van der Waals surface area contributed by atoms with Crippen LogP contribution in [0.2, 0.25) is 0 Å². The molecule has 0 N–H and O–H groups in total. The van der Waals surface area contributed by atoms with E-state index in [1.165, 1.54) is 0 Å². The van der Waals surface area contributed by atoms with Crippen LogP contribution in [-0.2, 0) is 14.8 Å². The van der Waals surface area contributed by atoms with Crippen molar-refractivity contribution in [2.45, 2.75) is 30.2 Å². The number of carbonyl (C=O) groups excluding carboxylic acids is 1. The predicted molar refractivity (Wildman–Crippen MR) is 116 cm³/mol. The number of aromatic nitrogens is 2. The van der Waals surface area contributed by atoms with Crippen molar-refractivity contribution in [2.24, 2.45) is 11.8 Å². The Bertz CT molecular complexity index is 1080. The first-order valence-electron chi connectivity index (χ1n) is 10.7. The predicted octanol–water partition coefficient (Wildman–Crippen LogP) is 1.53. The van der Waals surface area contributed by atoms with E-state index in [-0.39, 0.29) is 23.3 Å². The summed E-state index contributed by atoms with van der Waals surface area (Å²) in [5.41, 5.74) is 0.715. The Kier molecular flexibility index (Phi) is 4.78. The number of hydrogen-bond acceptors (Lipinski definition) is 6. The zero-order chi connectivity index (χ0) is 21.8. The van der Waals surface area contributed by atoms with Crippen molar-refractivity contribution in [1.82, 2.24) is 19.2 Å². The second-order valence-corrected chi connectivity index (χ2v) is 10.8. The molecule has 1 aromatic carbocycles. The number of aryl methyl sites for hydroxylation is 1. The number of hydrogen-bond donors (Lipinski definition) is 0. The summed E-state index contributed by atoms with van der Waals surface area (Å²) >= 11 is 0. The molecule has 9 heteroatoms. The van der Waals surface area contributed by atoms with Gasteiger partial charge < -0.3 is 9.80 Å². The number of piperidine rings is 1. The van der Waals surface area contributed by atoms with Crippen LogP contribution < -0.4 is 4.90 Å². The van der Waals surface area contributed by atoms with Crippen LogP contribution in [-0.4, -0.2) is 72.3 Å². The number of benzene rings is 1. The lowest BCUT2D eigenvalue weighted by atomic mass is 9.75. The van der Waals surface area contributed by atoms with Gasteiger partial charge in [0.2, 0.25) is 21.9 Å². The molecule has 1 aromatic heterocycles. The fraction of sp³-hybridized carbons (Fsp3) is 0.500. The van der Waals surface area contributed by atoms with E-state index >= 15 is 0 Å². The number of likely N-dealkylation sites (tertiary alicyclic amines) is 1. The van der Waals surface area contributed by atoms with Gasteiger partial charge in [0.15, 0.2) is 0 Å². The van der Waals surface area contributed by atoms with E-state index in [0.29, 0.717) is 43.3 Å². The molecule has 2 atom stereocenters. The Labute approximate surface area is 182 Å². The normalized spacial score (nSPS) is 25.9. The highest BCUT2D eigenvalue weighted by Crippen LogP contribution is 2.49. The molecule has 0 unspecified atom stereocenters. The molecule has 1 spiro atoms. The van der Waals surface area contributed by atoms with Gasteiger partial charge in [-0.25, -0.2) is 18.4 Å². The SMILES string of the molecule is Cc1ccc(S(=O)(=O)N2CCC3(CC2)[C@H]2CN(c4ncccn4)C[C@H]2C(=O)N3C)cc1. The summed E-state index contributed by atoms with van der Waals surface area (Å²) in [7, 11) is -1.65. The summed E-state index contributed by atoms with van der Waals surface area (Å²) in [6.45, 7) is 4.11. The van der Waals surface area contributed by atoms with E-state index in [4.69, 9.17) is 0 Å². The van der Waals surface area contributed by atoms with Gasteiger partial charge in [-0.3, -0.25) is 4.79 Å². The maximum absolute atomic E-state index is 13.1. The average molecular weight is 442 g/mol. The van der Waals surface area contributed by atoms with E-state index in [0.717, 1.165) is 12.1 Å². The van der Waals surface area contributed by atoms with Crippen LogP contribution in [0.3, 0.4) is 0 Å². The minimum Gasteiger partial charge on any atom is -0.340 e. The number of anilines is 1. The van der Waals surface area contributed by atoms with Crippen molar-refractivity contribution in [1.29, 1.82) is 0 Å². The Morgan fingerprint density at radius 3 is 2.32 bits per heavy atom. The maximum atomic E-state index is 13.1. The summed E-state index contributed by atoms with van der Waals surface area (Å²) in [5.74, 6) is 0.868. The Morgan fingerprint density at radius 1 is 1.03 bits per heavy atom. The highest BCUT2D eigenvalue weighted by atomic mass is 32.2. The summed E-state index contributed by atoms with van der Waals surface area (Å²) < 4.78 is 27.8. The molecule has 0 radical (unpaired) electrons. The van der Waals surface area contributed by atoms with Crippen molar-refractivity contribution in [3.63, 3.8) is 0 Å². The Balaban J connectivity index is 1.36. The van der Waals surface area contributed by atoms with Crippen LogP contribution in [0.5, 0.6) is 0 Å². The lowest BCUT2D eigenvalue weighted by Crippen LogP contribution is -2.56. The monoisotopic (exact) mass is 441 g/mol. The van der Waals surface area contributed by atoms with Gasteiger partial charge in [-0.15, -0.1) is 0 Å². The second kappa shape index (κ2) is 7.27. The quantitative estimate of drug-likeness (QED) is 0.718. The van der Waals surface area contributed by atoms with Gasteiger partial charge >= 0.3 is 0 Å². The molecule has 3 aliphatic rings. The number of fused-ring (bicyclic) bond motifs is 2. The van der Waals surface area contributed by atoms with Crippen molar-refractivity contribution in [3.8, 4) is 0 Å². The van der Waals surface area contributed by atoms with E-state index in [1.807, 2.05) is 31.0 Å². The average Bonchev–Trinajstić information content (AvgIpc) is 3.31. The van der Waals surface area contributed by atoms with Gasteiger partial charge in [-0.2, -0.15) is 4.31 Å². The molecule has 3 saturated heterocycles. The number of amides is 1. The van der Waals surface area contributed by atoms with E-state index < -0.39 is 10.0 Å². The molecule has 164 valence electrons. The lowest BCUT2D eigenvalue weighted by Gasteiger charge is -2.46. The first-order chi connectivity index (χ1) is 14.8. The molecule has 3 fully saturated rings. The van der Waals surface area contributed by atoms with E-state index in [1.54, 1.807) is 34.9 Å². The third kappa shape index (κ3) is 3.13. The zero-order valence-electron chi connectivity index (χ0n) is 17.8. The van der Waals surface area contributed by atoms with Crippen molar-refractivity contribution < 1.29 is 13.2 Å². The second-order valence-electron chi connectivity index (χ2n) is 8.88. The molecule has 1 amide bonds. The van der Waals surface area contributed by atoms with E-state index in [2.05, 4.69) is 14.9 Å². The molecule has 31 heavy (non-hydrogen) atoms. The molecule has 3 aliphatic heterocycles. The summed E-state index contributed by atoms with van der Waals surface area (Å²) in [6.07, 6.45) is 4.72. The summed E-state index contributed by atoms with van der Waals surface area (Å²) in [4.78, 5) is 26.1. The molecular weight excluding hydrogens is 414 g/mol. The molecule has 0 aliphatic carbocycles. The first-order valence-corrected chi connectivity index (χ1v) is 12.1. The molecule has 5 rings (SSSR count). The summed E-state index contributed by atoms with van der Waals surface area (Å²) in [6, 6.07) is 8.78. The number of nitrogens with zero attached hydrogens (tertiary/aromatic N) is 5. The standard InChI is InChI=1S/C22H27N5O3S/c1-16-4-6-17(7-5-16)31(29,30)27-12-8-22(9-13-27)19-15-26(21-23-10-3-11-24-21)14-18(19)20(28)25(22)2/h3-7,10-11,18-19H,8-9,12-15H2,1-2H3/t18-,19+/m1/s1. The molecule has 0 saturated carbocycles. The molecule has 2 aromatic rings. The molecule has 4 heterocycles. The molecular formula is C22H27N5O3S. The van der Waals surface area contributed by atoms with Gasteiger partial charge in [0.05, 0.1) is 16.4 Å². The first kappa shape index (κ1) is 20.4. The molecule has 8 nitrogen and oxygen atoms in total. The van der Waals surface area contributed by atoms with E-state index in [9.17, 15) is 13.2 Å². The van der Waals surface area contributed by atoms with Crippen molar-refractivity contribution in [3.05, 3.63) is 48.3 Å². The van der Waals surface area contributed by atoms with Crippen LogP contribution in [0.1, 0.15) is 18.4 Å². The lowest BCUT2D eigenvalue weighted by molar-refractivity contribution is -0.132. The fourth-order valence-corrected chi connectivity index (χ4v) is 7.05. The topological polar surface area (TPSA) is 86.7 Å². The minimum absolute atomic E-state index is 0.0888. The zero-order valence-corrected chi connectivity index (χ0v) is 18.6. The molecule has 0 bridgehead atoms. The van der Waals surface area contributed by atoms with Gasteiger partial charge in [-0.05, 0) is 38.0 Å². The van der Waals surface area contributed by atoms with Crippen molar-refractivity contribution in [2.75, 3.05) is 38.1 Å². The smallest absolute Gasteiger partial charge is 0.243 e. The van der Waals surface area contributed by atoms with Crippen LogP contribution in [0.4, 0.5) is 5.95 Å². The van der Waals surface area contributed by atoms with Crippen LogP contribution in [0.15, 0.2) is 47.6 Å². The van der Waals surface area contributed by atoms with Crippen molar-refractivity contribution >= 4 is 21.9 Å². The largest absolute Gasteiger partial charge is 0.340 e. The summed E-state index contributed by atoms with van der Waals surface area (Å²) in [5, 5.41) is 0. The Hall–Kier alpha value is -2.52. The van der Waals surface area contributed by atoms with Gasteiger partial charge in [0.25, 0.3) is 0 Å². The Morgan fingerprint density at radius 2 is 1.68 bits per heavy atom. The van der Waals surface area contributed by atoms with Gasteiger partial charge in [-0.1, -0.05) is 17.7 Å². The highest BCUT2D eigenvalue weighted by Gasteiger charge is 2.61.